The number of benzene rings is 1. The molecule has 1 aromatic rings. The van der Waals surface area contributed by atoms with Crippen LogP contribution in [-0.2, 0) is 15.3 Å². The van der Waals surface area contributed by atoms with Crippen LogP contribution in [0.3, 0.4) is 0 Å². The topological polar surface area (TPSA) is 70.6 Å². The summed E-state index contributed by atoms with van der Waals surface area (Å²) in [7, 11) is -2.98. The highest BCUT2D eigenvalue weighted by atomic mass is 32.2. The molecule has 1 saturated carbocycles. The molecule has 2 N–H and O–H groups in total. The predicted octanol–water partition coefficient (Wildman–Crippen LogP) is 2.24. The van der Waals surface area contributed by atoms with Gasteiger partial charge in [0, 0.05) is 24.3 Å². The Morgan fingerprint density at radius 3 is 2.60 bits per heavy atom. The molecule has 1 atom stereocenters. The fourth-order valence-electron chi connectivity index (χ4n) is 2.80. The first-order valence-electron chi connectivity index (χ1n) is 8.73. The van der Waals surface area contributed by atoms with Gasteiger partial charge in [0.1, 0.15) is 15.7 Å². The summed E-state index contributed by atoms with van der Waals surface area (Å²) in [5.74, 6) is 0.612. The third kappa shape index (κ3) is 5.99. The molecule has 0 aliphatic heterocycles. The van der Waals surface area contributed by atoms with Gasteiger partial charge in [-0.1, -0.05) is 18.2 Å². The summed E-state index contributed by atoms with van der Waals surface area (Å²) in [4.78, 5) is 4.63. The van der Waals surface area contributed by atoms with E-state index in [4.69, 9.17) is 0 Å². The van der Waals surface area contributed by atoms with E-state index < -0.39 is 9.84 Å². The molecule has 1 aliphatic rings. The minimum absolute atomic E-state index is 0.0175. The summed E-state index contributed by atoms with van der Waals surface area (Å²) in [5, 5.41) is 6.41. The molecule has 2 rings (SSSR count). The molecule has 140 valence electrons. The maximum absolute atomic E-state index is 14.1. The molecule has 25 heavy (non-hydrogen) atoms. The zero-order chi connectivity index (χ0) is 18.5. The Morgan fingerprint density at radius 1 is 1.36 bits per heavy atom. The Kier molecular flexibility index (Phi) is 6.43. The van der Waals surface area contributed by atoms with Crippen LogP contribution in [0.25, 0.3) is 0 Å². The number of halogens is 1. The van der Waals surface area contributed by atoms with E-state index in [1.54, 1.807) is 6.07 Å². The van der Waals surface area contributed by atoms with Gasteiger partial charge in [0.15, 0.2) is 5.96 Å². The third-order valence-corrected chi connectivity index (χ3v) is 5.46. The van der Waals surface area contributed by atoms with E-state index in [1.807, 2.05) is 26.0 Å². The van der Waals surface area contributed by atoms with Gasteiger partial charge < -0.3 is 10.6 Å². The van der Waals surface area contributed by atoms with Gasteiger partial charge in [0.2, 0.25) is 0 Å². The van der Waals surface area contributed by atoms with Crippen molar-refractivity contribution in [2.45, 2.75) is 44.6 Å². The van der Waals surface area contributed by atoms with Gasteiger partial charge in [-0.3, -0.25) is 4.99 Å². The predicted molar refractivity (Wildman–Crippen MR) is 100 cm³/mol. The molecular formula is C18H28FN3O2S. The lowest BCUT2D eigenvalue weighted by Crippen LogP contribution is -2.43. The van der Waals surface area contributed by atoms with Crippen molar-refractivity contribution in [2.24, 2.45) is 4.99 Å². The highest BCUT2D eigenvalue weighted by Crippen LogP contribution is 2.49. The van der Waals surface area contributed by atoms with Crippen LogP contribution in [0.2, 0.25) is 0 Å². The average Bonchev–Trinajstić information content (AvgIpc) is 3.32. The monoisotopic (exact) mass is 369 g/mol. The van der Waals surface area contributed by atoms with Crippen LogP contribution in [-0.4, -0.2) is 45.5 Å². The number of rotatable bonds is 8. The summed E-state index contributed by atoms with van der Waals surface area (Å²) in [6, 6.07) is 6.88. The van der Waals surface area contributed by atoms with Crippen molar-refractivity contribution in [1.29, 1.82) is 0 Å². The summed E-state index contributed by atoms with van der Waals surface area (Å²) in [6.45, 7) is 5.13. The van der Waals surface area contributed by atoms with Crippen molar-refractivity contribution in [2.75, 3.05) is 25.1 Å². The third-order valence-electron chi connectivity index (χ3n) is 4.49. The molecule has 1 aromatic carbocycles. The number of guanidine groups is 1. The van der Waals surface area contributed by atoms with Crippen LogP contribution in [0.5, 0.6) is 0 Å². The highest BCUT2D eigenvalue weighted by Gasteiger charge is 2.45. The van der Waals surface area contributed by atoms with Gasteiger partial charge in [-0.15, -0.1) is 0 Å². The van der Waals surface area contributed by atoms with Crippen molar-refractivity contribution in [3.8, 4) is 0 Å². The van der Waals surface area contributed by atoms with Gasteiger partial charge in [-0.05, 0) is 44.7 Å². The maximum atomic E-state index is 14.1. The smallest absolute Gasteiger partial charge is 0.191 e. The normalized spacial score (nSPS) is 17.8. The minimum Gasteiger partial charge on any atom is -0.357 e. The Bertz CT molecular complexity index is 715. The van der Waals surface area contributed by atoms with Crippen LogP contribution in [0.15, 0.2) is 29.3 Å². The Labute approximate surface area is 150 Å². The van der Waals surface area contributed by atoms with Gasteiger partial charge >= 0.3 is 0 Å². The lowest BCUT2D eigenvalue weighted by molar-refractivity contribution is 0.568. The van der Waals surface area contributed by atoms with Crippen LogP contribution in [0.4, 0.5) is 4.39 Å². The van der Waals surface area contributed by atoms with E-state index in [-0.39, 0.29) is 23.0 Å². The Morgan fingerprint density at radius 2 is 2.04 bits per heavy atom. The number of nitrogens with zero attached hydrogens (tertiary/aromatic N) is 1. The van der Waals surface area contributed by atoms with Crippen LogP contribution >= 0.6 is 0 Å². The summed E-state index contributed by atoms with van der Waals surface area (Å²) in [5.41, 5.74) is 0.531. The summed E-state index contributed by atoms with van der Waals surface area (Å²) in [6.07, 6.45) is 3.62. The van der Waals surface area contributed by atoms with E-state index in [2.05, 4.69) is 15.6 Å². The Balaban J connectivity index is 2.01. The number of aliphatic imine (C=N–C) groups is 1. The zero-order valence-corrected chi connectivity index (χ0v) is 16.0. The average molecular weight is 370 g/mol. The fraction of sp³-hybridized carbons (Fsp3) is 0.611. The van der Waals surface area contributed by atoms with Gasteiger partial charge in [0.05, 0.1) is 12.3 Å². The van der Waals surface area contributed by atoms with E-state index in [0.717, 1.165) is 18.4 Å². The van der Waals surface area contributed by atoms with Crippen LogP contribution < -0.4 is 10.6 Å². The molecule has 0 aromatic heterocycles. The molecule has 1 aliphatic carbocycles. The number of sulfone groups is 1. The van der Waals surface area contributed by atoms with E-state index in [9.17, 15) is 12.8 Å². The minimum atomic E-state index is -2.98. The largest absolute Gasteiger partial charge is 0.357 e. The standard InChI is InChI=1S/C18H28FN3O2S/c1-4-20-17(22-14(2)9-12-25(3,23)24)21-13-18(10-11-18)15-7-5-6-8-16(15)19/h5-8,14H,4,9-13H2,1-3H3,(H2,20,21,22). The quantitative estimate of drug-likeness (QED) is 0.545. The SMILES string of the molecule is CCNC(=NCC1(c2ccccc2F)CC1)NC(C)CCS(C)(=O)=O. The van der Waals surface area contributed by atoms with Crippen molar-refractivity contribution < 1.29 is 12.8 Å². The molecule has 0 spiro atoms. The molecule has 0 amide bonds. The molecule has 1 fully saturated rings. The molecular weight excluding hydrogens is 341 g/mol. The van der Waals surface area contributed by atoms with Gasteiger partial charge in [0.25, 0.3) is 0 Å². The summed E-state index contributed by atoms with van der Waals surface area (Å²) >= 11 is 0. The second-order valence-electron chi connectivity index (χ2n) is 6.92. The second-order valence-corrected chi connectivity index (χ2v) is 9.18. The molecule has 1 unspecified atom stereocenters. The molecule has 0 heterocycles. The lowest BCUT2D eigenvalue weighted by Gasteiger charge is -2.19. The van der Waals surface area contributed by atoms with Crippen molar-refractivity contribution in [3.63, 3.8) is 0 Å². The molecule has 0 saturated heterocycles. The van der Waals surface area contributed by atoms with Crippen LogP contribution in [0.1, 0.15) is 38.7 Å². The molecule has 0 radical (unpaired) electrons. The first-order chi connectivity index (χ1) is 11.8. The van der Waals surface area contributed by atoms with Gasteiger partial charge in [-0.25, -0.2) is 12.8 Å². The first kappa shape index (κ1) is 19.7. The van der Waals surface area contributed by atoms with E-state index >= 15 is 0 Å². The van der Waals surface area contributed by atoms with E-state index in [0.29, 0.717) is 25.5 Å². The Hall–Kier alpha value is -1.63. The maximum Gasteiger partial charge on any atom is 0.191 e. The molecule has 7 heteroatoms. The van der Waals surface area contributed by atoms with Gasteiger partial charge in [-0.2, -0.15) is 0 Å². The first-order valence-corrected chi connectivity index (χ1v) is 10.8. The van der Waals surface area contributed by atoms with Crippen molar-refractivity contribution in [1.82, 2.24) is 10.6 Å². The van der Waals surface area contributed by atoms with Crippen molar-refractivity contribution in [3.05, 3.63) is 35.6 Å². The molecule has 5 nitrogen and oxygen atoms in total. The number of nitrogens with one attached hydrogen (secondary N) is 2. The lowest BCUT2D eigenvalue weighted by atomic mass is 9.95. The molecule has 0 bridgehead atoms. The fourth-order valence-corrected chi connectivity index (χ4v) is 3.58. The van der Waals surface area contributed by atoms with E-state index in [1.165, 1.54) is 12.3 Å². The van der Waals surface area contributed by atoms with Crippen LogP contribution in [0, 0.1) is 5.82 Å². The second kappa shape index (κ2) is 8.17. The summed E-state index contributed by atoms with van der Waals surface area (Å²) < 4.78 is 36.7. The van der Waals surface area contributed by atoms with Crippen molar-refractivity contribution >= 4 is 15.8 Å². The highest BCUT2D eigenvalue weighted by molar-refractivity contribution is 7.90. The number of hydrogen-bond donors (Lipinski definition) is 2. The number of hydrogen-bond acceptors (Lipinski definition) is 3. The zero-order valence-electron chi connectivity index (χ0n) is 15.2.